The molecule has 1 amide bonds. The Morgan fingerprint density at radius 3 is 2.96 bits per heavy atom. The number of anilines is 1. The van der Waals surface area contributed by atoms with Gasteiger partial charge < -0.3 is 9.73 Å². The van der Waals surface area contributed by atoms with Crippen molar-refractivity contribution in [3.8, 4) is 0 Å². The van der Waals surface area contributed by atoms with Gasteiger partial charge in [0.25, 0.3) is 0 Å². The number of fused-ring (bicyclic) bond motifs is 2. The van der Waals surface area contributed by atoms with Crippen LogP contribution in [0.5, 0.6) is 0 Å². The number of amides is 1. The Hall–Kier alpha value is -2.77. The molecule has 0 saturated heterocycles. The Labute approximate surface area is 148 Å². The van der Waals surface area contributed by atoms with Gasteiger partial charge in [-0.05, 0) is 31.2 Å². The van der Waals surface area contributed by atoms with E-state index in [0.29, 0.717) is 11.4 Å². The first-order chi connectivity index (χ1) is 12.2. The smallest absolute Gasteiger partial charge is 0.238 e. The predicted molar refractivity (Wildman–Crippen MR) is 99.2 cm³/mol. The fraction of sp³-hybridized carbons (Fsp3) is 0.167. The van der Waals surface area contributed by atoms with Crippen LogP contribution in [0.4, 0.5) is 17.1 Å². The maximum absolute atomic E-state index is 12.2. The number of benzene rings is 2. The molecule has 6 nitrogen and oxygen atoms in total. The Balaban J connectivity index is 1.39. The van der Waals surface area contributed by atoms with E-state index in [1.54, 1.807) is 0 Å². The lowest BCUT2D eigenvalue weighted by Gasteiger charge is -2.12. The molecule has 4 rings (SSSR count). The van der Waals surface area contributed by atoms with Crippen LogP contribution in [0, 0.1) is 0 Å². The first kappa shape index (κ1) is 15.7. The molecular weight excluding hydrogens is 336 g/mol. The Bertz CT molecular complexity index is 988. The van der Waals surface area contributed by atoms with Crippen molar-refractivity contribution in [2.24, 2.45) is 8.73 Å². The second kappa shape index (κ2) is 6.62. The van der Waals surface area contributed by atoms with Crippen LogP contribution in [0.3, 0.4) is 0 Å². The summed E-state index contributed by atoms with van der Waals surface area (Å²) in [6.07, 6.45) is 0. The molecule has 2 heterocycles. The Morgan fingerprint density at radius 1 is 1.20 bits per heavy atom. The number of carbonyl (C=O) groups excluding carboxylic acids is 1. The van der Waals surface area contributed by atoms with Crippen molar-refractivity contribution in [2.75, 3.05) is 11.9 Å². The van der Waals surface area contributed by atoms with Gasteiger partial charge in [0, 0.05) is 5.39 Å². The van der Waals surface area contributed by atoms with Crippen LogP contribution in [0.1, 0.15) is 18.7 Å². The van der Waals surface area contributed by atoms with E-state index in [-0.39, 0.29) is 18.5 Å². The highest BCUT2D eigenvalue weighted by atomic mass is 32.1. The molecule has 25 heavy (non-hydrogen) atoms. The fourth-order valence-electron chi connectivity index (χ4n) is 2.66. The quantitative estimate of drug-likeness (QED) is 0.557. The number of nitrogens with zero attached hydrogens (tertiary/aromatic N) is 2. The SMILES string of the molecule is CC(NCC(=O)Nc1cccc2c1N=S=N2)c1cc2ccccc2o1. The summed E-state index contributed by atoms with van der Waals surface area (Å²) in [5.74, 6) is 0.670. The van der Waals surface area contributed by atoms with Crippen molar-refractivity contribution in [3.63, 3.8) is 0 Å². The molecule has 3 aromatic rings. The molecule has 0 radical (unpaired) electrons. The maximum atomic E-state index is 12.2. The summed E-state index contributed by atoms with van der Waals surface area (Å²) >= 11 is 1.13. The van der Waals surface area contributed by atoms with E-state index in [4.69, 9.17) is 4.42 Å². The van der Waals surface area contributed by atoms with Gasteiger partial charge in [-0.3, -0.25) is 10.1 Å². The van der Waals surface area contributed by atoms with Crippen molar-refractivity contribution < 1.29 is 9.21 Å². The highest BCUT2D eigenvalue weighted by molar-refractivity contribution is 7.58. The molecule has 1 unspecified atom stereocenters. The molecule has 1 atom stereocenters. The van der Waals surface area contributed by atoms with Crippen LogP contribution in [0.25, 0.3) is 11.0 Å². The highest BCUT2D eigenvalue weighted by Gasteiger charge is 2.15. The van der Waals surface area contributed by atoms with Crippen molar-refractivity contribution in [3.05, 3.63) is 54.3 Å². The third kappa shape index (κ3) is 3.24. The summed E-state index contributed by atoms with van der Waals surface area (Å²) in [4.78, 5) is 12.2. The predicted octanol–water partition coefficient (Wildman–Crippen LogP) is 4.45. The lowest BCUT2D eigenvalue weighted by molar-refractivity contribution is -0.115. The largest absolute Gasteiger partial charge is 0.459 e. The molecular formula is C18H16N4O2S. The van der Waals surface area contributed by atoms with Crippen LogP contribution in [0.2, 0.25) is 0 Å². The van der Waals surface area contributed by atoms with Gasteiger partial charge in [-0.15, -0.1) is 0 Å². The van der Waals surface area contributed by atoms with E-state index >= 15 is 0 Å². The van der Waals surface area contributed by atoms with Crippen molar-refractivity contribution >= 4 is 45.3 Å². The summed E-state index contributed by atoms with van der Waals surface area (Å²) in [6.45, 7) is 2.14. The summed E-state index contributed by atoms with van der Waals surface area (Å²) in [5.41, 5.74) is 3.02. The van der Waals surface area contributed by atoms with Gasteiger partial charge in [0.05, 0.1) is 29.6 Å². The number of nitrogens with one attached hydrogen (secondary N) is 2. The number of carbonyl (C=O) groups is 1. The van der Waals surface area contributed by atoms with E-state index < -0.39 is 0 Å². The summed E-state index contributed by atoms with van der Waals surface area (Å²) in [5, 5.41) is 7.11. The van der Waals surface area contributed by atoms with E-state index in [0.717, 1.165) is 33.8 Å². The third-order valence-corrected chi connectivity index (χ3v) is 4.54. The minimum absolute atomic E-state index is 0.0742. The molecule has 2 aromatic carbocycles. The van der Waals surface area contributed by atoms with E-state index in [1.807, 2.05) is 55.5 Å². The monoisotopic (exact) mass is 352 g/mol. The van der Waals surface area contributed by atoms with Gasteiger partial charge in [0.1, 0.15) is 22.7 Å². The molecule has 1 aliphatic rings. The second-order valence-corrected chi connectivity index (χ2v) is 6.30. The van der Waals surface area contributed by atoms with Crippen LogP contribution >= 0.6 is 0 Å². The minimum atomic E-state index is -0.136. The summed E-state index contributed by atoms with van der Waals surface area (Å²) < 4.78 is 14.2. The van der Waals surface area contributed by atoms with Crippen LogP contribution in [-0.2, 0) is 16.1 Å². The van der Waals surface area contributed by atoms with Gasteiger partial charge in [0.2, 0.25) is 5.91 Å². The van der Waals surface area contributed by atoms with Crippen LogP contribution in [-0.4, -0.2) is 12.5 Å². The van der Waals surface area contributed by atoms with Crippen molar-refractivity contribution in [2.45, 2.75) is 13.0 Å². The molecule has 0 fully saturated rings. The number of hydrogen-bond acceptors (Lipinski definition) is 5. The number of hydrogen-bond donors (Lipinski definition) is 2. The fourth-order valence-corrected chi connectivity index (χ4v) is 3.21. The van der Waals surface area contributed by atoms with Crippen LogP contribution < -0.4 is 10.6 Å². The highest BCUT2D eigenvalue weighted by Crippen LogP contribution is 2.38. The molecule has 0 bridgehead atoms. The standard InChI is InChI=1S/C18H16N4O2S/c1-11(16-9-12-5-2-3-8-15(12)24-16)19-10-17(23)20-13-6-4-7-14-18(13)22-25-21-14/h2-9,11,19H,10H2,1H3,(H,20,23). The number of para-hydroxylation sites is 1. The average Bonchev–Trinajstić information content (AvgIpc) is 3.26. The lowest BCUT2D eigenvalue weighted by atomic mass is 10.2. The zero-order valence-corrected chi connectivity index (χ0v) is 14.3. The Kier molecular flexibility index (Phi) is 4.17. The number of furan rings is 1. The first-order valence-electron chi connectivity index (χ1n) is 7.94. The van der Waals surface area contributed by atoms with Gasteiger partial charge >= 0.3 is 0 Å². The normalized spacial score (nSPS) is 13.5. The van der Waals surface area contributed by atoms with Crippen molar-refractivity contribution in [1.82, 2.24) is 5.32 Å². The third-order valence-electron chi connectivity index (χ3n) is 4.00. The first-order valence-corrected chi connectivity index (χ1v) is 8.67. The van der Waals surface area contributed by atoms with Gasteiger partial charge in [-0.25, -0.2) is 0 Å². The van der Waals surface area contributed by atoms with Crippen LogP contribution in [0.15, 0.2) is 61.7 Å². The molecule has 1 aromatic heterocycles. The van der Waals surface area contributed by atoms with E-state index in [1.165, 1.54) is 0 Å². The lowest BCUT2D eigenvalue weighted by Crippen LogP contribution is -2.29. The minimum Gasteiger partial charge on any atom is -0.459 e. The van der Waals surface area contributed by atoms with Gasteiger partial charge in [-0.2, -0.15) is 8.73 Å². The summed E-state index contributed by atoms with van der Waals surface area (Å²) in [6, 6.07) is 15.3. The zero-order valence-electron chi connectivity index (χ0n) is 13.5. The molecule has 1 aliphatic heterocycles. The molecule has 0 saturated carbocycles. The molecule has 2 N–H and O–H groups in total. The molecule has 126 valence electrons. The molecule has 7 heteroatoms. The maximum Gasteiger partial charge on any atom is 0.238 e. The van der Waals surface area contributed by atoms with E-state index in [2.05, 4.69) is 19.4 Å². The topological polar surface area (TPSA) is 79.0 Å². The van der Waals surface area contributed by atoms with E-state index in [9.17, 15) is 4.79 Å². The zero-order chi connectivity index (χ0) is 17.2. The average molecular weight is 352 g/mol. The van der Waals surface area contributed by atoms with Gasteiger partial charge in [0.15, 0.2) is 0 Å². The molecule has 0 aliphatic carbocycles. The van der Waals surface area contributed by atoms with Gasteiger partial charge in [-0.1, -0.05) is 24.3 Å². The molecule has 0 spiro atoms. The number of rotatable bonds is 5. The Morgan fingerprint density at radius 2 is 2.08 bits per heavy atom. The second-order valence-electron chi connectivity index (χ2n) is 5.77. The van der Waals surface area contributed by atoms with Crippen molar-refractivity contribution in [1.29, 1.82) is 0 Å². The summed E-state index contributed by atoms with van der Waals surface area (Å²) in [7, 11) is 0.